The van der Waals surface area contributed by atoms with Crippen molar-refractivity contribution in [2.24, 2.45) is 0 Å². The SMILES string of the molecule is CCc1cc(N[C@H](CCO)c2ccccc2)n2nc(C)c(C)c2n1. The summed E-state index contributed by atoms with van der Waals surface area (Å²) in [5, 5.41) is 17.6. The van der Waals surface area contributed by atoms with Gasteiger partial charge in [0.25, 0.3) is 0 Å². The summed E-state index contributed by atoms with van der Waals surface area (Å²) in [7, 11) is 0. The molecule has 0 unspecified atom stereocenters. The van der Waals surface area contributed by atoms with Crippen LogP contribution < -0.4 is 5.32 Å². The van der Waals surface area contributed by atoms with Crippen molar-refractivity contribution in [3.8, 4) is 0 Å². The smallest absolute Gasteiger partial charge is 0.160 e. The van der Waals surface area contributed by atoms with Crippen LogP contribution in [0.15, 0.2) is 36.4 Å². The predicted molar refractivity (Wildman–Crippen MR) is 96.3 cm³/mol. The quantitative estimate of drug-likeness (QED) is 0.729. The van der Waals surface area contributed by atoms with Crippen LogP contribution in [0.25, 0.3) is 5.65 Å². The van der Waals surface area contributed by atoms with Crippen LogP contribution in [0.3, 0.4) is 0 Å². The summed E-state index contributed by atoms with van der Waals surface area (Å²) in [6.45, 7) is 6.28. The van der Waals surface area contributed by atoms with Gasteiger partial charge in [-0.1, -0.05) is 37.3 Å². The Morgan fingerprint density at radius 2 is 1.96 bits per heavy atom. The Bertz CT molecular complexity index is 826. The van der Waals surface area contributed by atoms with Crippen molar-refractivity contribution < 1.29 is 5.11 Å². The van der Waals surface area contributed by atoms with Crippen LogP contribution in [-0.4, -0.2) is 26.3 Å². The minimum atomic E-state index is 0.0244. The Kier molecular flexibility index (Phi) is 4.81. The molecule has 2 N–H and O–H groups in total. The molecule has 0 fully saturated rings. The number of rotatable bonds is 6. The molecule has 3 aromatic rings. The highest BCUT2D eigenvalue weighted by Crippen LogP contribution is 2.25. The average molecular weight is 324 g/mol. The van der Waals surface area contributed by atoms with Crippen molar-refractivity contribution in [1.29, 1.82) is 0 Å². The molecule has 1 aromatic carbocycles. The van der Waals surface area contributed by atoms with Gasteiger partial charge in [0.05, 0.1) is 11.7 Å². The predicted octanol–water partition coefficient (Wildman–Crippen LogP) is 3.44. The van der Waals surface area contributed by atoms with Crippen LogP contribution in [0.4, 0.5) is 5.82 Å². The number of nitrogens with one attached hydrogen (secondary N) is 1. The second kappa shape index (κ2) is 7.01. The first-order valence-corrected chi connectivity index (χ1v) is 8.42. The van der Waals surface area contributed by atoms with E-state index in [1.165, 1.54) is 0 Å². The van der Waals surface area contributed by atoms with Crippen molar-refractivity contribution in [2.45, 2.75) is 39.7 Å². The van der Waals surface area contributed by atoms with Gasteiger partial charge in [-0.3, -0.25) is 0 Å². The zero-order chi connectivity index (χ0) is 17.1. The fourth-order valence-electron chi connectivity index (χ4n) is 2.88. The standard InChI is InChI=1S/C19H24N4O/c1-4-16-12-18(23-19(20-16)13(2)14(3)22-23)21-17(10-11-24)15-8-6-5-7-9-15/h5-9,12,17,21,24H,4,10-11H2,1-3H3/t17-/m1/s1. The van der Waals surface area contributed by atoms with Gasteiger partial charge in [-0.15, -0.1) is 0 Å². The van der Waals surface area contributed by atoms with Crippen molar-refractivity contribution >= 4 is 11.5 Å². The first-order chi connectivity index (χ1) is 11.6. The molecule has 0 radical (unpaired) electrons. The molecule has 126 valence electrons. The van der Waals surface area contributed by atoms with Gasteiger partial charge in [0, 0.05) is 23.9 Å². The maximum atomic E-state index is 9.46. The Labute approximate surface area is 142 Å². The molecule has 24 heavy (non-hydrogen) atoms. The molecule has 5 nitrogen and oxygen atoms in total. The van der Waals surface area contributed by atoms with E-state index in [0.717, 1.165) is 40.4 Å². The summed E-state index contributed by atoms with van der Waals surface area (Å²) in [5.74, 6) is 0.912. The molecule has 0 aliphatic rings. The fraction of sp³-hybridized carbons (Fsp3) is 0.368. The van der Waals surface area contributed by atoms with Crippen molar-refractivity contribution in [1.82, 2.24) is 14.6 Å². The fourth-order valence-corrected chi connectivity index (χ4v) is 2.88. The number of aryl methyl sites for hydroxylation is 3. The number of aliphatic hydroxyl groups is 1. The van der Waals surface area contributed by atoms with Crippen LogP contribution in [0.2, 0.25) is 0 Å². The molecule has 2 heterocycles. The molecule has 0 spiro atoms. The summed E-state index contributed by atoms with van der Waals surface area (Å²) in [6.07, 6.45) is 1.50. The Morgan fingerprint density at radius 3 is 2.62 bits per heavy atom. The van der Waals surface area contributed by atoms with Crippen LogP contribution in [0, 0.1) is 13.8 Å². The molecule has 3 rings (SSSR count). The van der Waals surface area contributed by atoms with Crippen LogP contribution in [0.5, 0.6) is 0 Å². The lowest BCUT2D eigenvalue weighted by Crippen LogP contribution is -2.15. The summed E-state index contributed by atoms with van der Waals surface area (Å²) in [4.78, 5) is 4.71. The first-order valence-electron chi connectivity index (χ1n) is 8.42. The molecule has 1 atom stereocenters. The number of fused-ring (bicyclic) bond motifs is 1. The number of nitrogens with zero attached hydrogens (tertiary/aromatic N) is 3. The van der Waals surface area contributed by atoms with Gasteiger partial charge < -0.3 is 10.4 Å². The van der Waals surface area contributed by atoms with E-state index in [9.17, 15) is 5.11 Å². The lowest BCUT2D eigenvalue weighted by atomic mass is 10.0. The third-order valence-corrected chi connectivity index (χ3v) is 4.41. The molecular formula is C19H24N4O. The molecule has 0 aliphatic heterocycles. The van der Waals surface area contributed by atoms with E-state index in [4.69, 9.17) is 4.98 Å². The third kappa shape index (κ3) is 3.12. The highest BCUT2D eigenvalue weighted by molar-refractivity contribution is 5.56. The molecule has 0 bridgehead atoms. The molecule has 0 amide bonds. The van der Waals surface area contributed by atoms with Crippen molar-refractivity contribution in [2.75, 3.05) is 11.9 Å². The minimum Gasteiger partial charge on any atom is -0.396 e. The van der Waals surface area contributed by atoms with Crippen LogP contribution >= 0.6 is 0 Å². The summed E-state index contributed by atoms with van der Waals surface area (Å²) >= 11 is 0. The zero-order valence-corrected chi connectivity index (χ0v) is 14.5. The first kappa shape index (κ1) is 16.5. The van der Waals surface area contributed by atoms with Gasteiger partial charge >= 0.3 is 0 Å². The third-order valence-electron chi connectivity index (χ3n) is 4.41. The number of hydrogen-bond acceptors (Lipinski definition) is 4. The highest BCUT2D eigenvalue weighted by Gasteiger charge is 2.16. The van der Waals surface area contributed by atoms with E-state index in [1.54, 1.807) is 0 Å². The molecule has 0 saturated carbocycles. The monoisotopic (exact) mass is 324 g/mol. The van der Waals surface area contributed by atoms with E-state index >= 15 is 0 Å². The van der Waals surface area contributed by atoms with E-state index in [-0.39, 0.29) is 12.6 Å². The van der Waals surface area contributed by atoms with E-state index < -0.39 is 0 Å². The lowest BCUT2D eigenvalue weighted by Gasteiger charge is -2.20. The summed E-state index contributed by atoms with van der Waals surface area (Å²) < 4.78 is 1.87. The normalized spacial score (nSPS) is 12.5. The molecule has 0 aliphatic carbocycles. The van der Waals surface area contributed by atoms with Crippen LogP contribution in [0.1, 0.15) is 41.9 Å². The maximum Gasteiger partial charge on any atom is 0.160 e. The second-order valence-corrected chi connectivity index (χ2v) is 6.05. The minimum absolute atomic E-state index is 0.0244. The van der Waals surface area contributed by atoms with Crippen molar-refractivity contribution in [3.05, 3.63) is 58.9 Å². The lowest BCUT2D eigenvalue weighted by molar-refractivity contribution is 0.280. The van der Waals surface area contributed by atoms with Crippen molar-refractivity contribution in [3.63, 3.8) is 0 Å². The van der Waals surface area contributed by atoms with E-state index in [2.05, 4.69) is 36.4 Å². The Hall–Kier alpha value is -2.40. The van der Waals surface area contributed by atoms with Gasteiger partial charge in [-0.25, -0.2) is 4.98 Å². The van der Waals surface area contributed by atoms with E-state index in [0.29, 0.717) is 6.42 Å². The summed E-state index contributed by atoms with van der Waals surface area (Å²) in [6, 6.07) is 12.3. The van der Waals surface area contributed by atoms with E-state index in [1.807, 2.05) is 35.7 Å². The zero-order valence-electron chi connectivity index (χ0n) is 14.5. The number of aromatic nitrogens is 3. The van der Waals surface area contributed by atoms with Gasteiger partial charge in [0.2, 0.25) is 0 Å². The molecule has 0 saturated heterocycles. The molecule has 5 heteroatoms. The number of anilines is 1. The van der Waals surface area contributed by atoms with Gasteiger partial charge in [0.15, 0.2) is 5.65 Å². The topological polar surface area (TPSA) is 62.5 Å². The van der Waals surface area contributed by atoms with Gasteiger partial charge in [-0.05, 0) is 32.3 Å². The number of aliphatic hydroxyl groups excluding tert-OH is 1. The highest BCUT2D eigenvalue weighted by atomic mass is 16.3. The summed E-state index contributed by atoms with van der Waals surface area (Å²) in [5.41, 5.74) is 5.16. The second-order valence-electron chi connectivity index (χ2n) is 6.05. The maximum absolute atomic E-state index is 9.46. The average Bonchev–Trinajstić information content (AvgIpc) is 2.90. The molecule has 2 aromatic heterocycles. The Morgan fingerprint density at radius 1 is 1.21 bits per heavy atom. The Balaban J connectivity index is 2.05. The van der Waals surface area contributed by atoms with Gasteiger partial charge in [0.1, 0.15) is 5.82 Å². The van der Waals surface area contributed by atoms with Gasteiger partial charge in [-0.2, -0.15) is 9.61 Å². The number of benzene rings is 1. The largest absolute Gasteiger partial charge is 0.396 e. The van der Waals surface area contributed by atoms with Crippen LogP contribution in [-0.2, 0) is 6.42 Å². The molecular weight excluding hydrogens is 300 g/mol. The number of hydrogen-bond donors (Lipinski definition) is 2.